The first kappa shape index (κ1) is 16.3. The summed E-state index contributed by atoms with van der Waals surface area (Å²) in [6.07, 6.45) is 1.12. The van der Waals surface area contributed by atoms with Crippen LogP contribution >= 0.6 is 0 Å². The lowest BCUT2D eigenvalue weighted by Gasteiger charge is -2.50. The van der Waals surface area contributed by atoms with Gasteiger partial charge < -0.3 is 16.0 Å². The molecule has 0 saturated carbocycles. The molecule has 5 nitrogen and oxygen atoms in total. The minimum Gasteiger partial charge on any atom is -0.319 e. The van der Waals surface area contributed by atoms with Crippen LogP contribution in [0, 0.1) is 11.3 Å². The van der Waals surface area contributed by atoms with Crippen LogP contribution in [0.3, 0.4) is 0 Å². The van der Waals surface area contributed by atoms with Gasteiger partial charge in [0.15, 0.2) is 0 Å². The van der Waals surface area contributed by atoms with Gasteiger partial charge in [0, 0.05) is 29.6 Å². The summed E-state index contributed by atoms with van der Waals surface area (Å²) in [6.45, 7) is 8.21. The quantitative estimate of drug-likeness (QED) is 0.785. The Bertz CT molecular complexity index is 570. The second-order valence-corrected chi connectivity index (χ2v) is 7.39. The van der Waals surface area contributed by atoms with E-state index < -0.39 is 5.54 Å². The molecule has 0 atom stereocenters. The molecule has 1 fully saturated rings. The van der Waals surface area contributed by atoms with Crippen molar-refractivity contribution in [3.8, 4) is 6.07 Å². The van der Waals surface area contributed by atoms with Gasteiger partial charge in [-0.2, -0.15) is 5.26 Å². The maximum Gasteiger partial charge on any atom is 0.320 e. The highest BCUT2D eigenvalue weighted by Gasteiger charge is 2.48. The zero-order chi connectivity index (χ0) is 16.4. The Kier molecular flexibility index (Phi) is 4.17. The Morgan fingerprint density at radius 3 is 2.18 bits per heavy atom. The summed E-state index contributed by atoms with van der Waals surface area (Å²) in [5, 5.41) is 18.9. The average Bonchev–Trinajstić information content (AvgIpc) is 2.35. The molecule has 0 spiro atoms. The molecule has 1 heterocycles. The van der Waals surface area contributed by atoms with Gasteiger partial charge in [-0.15, -0.1) is 0 Å². The Hall–Kier alpha value is -2.06. The summed E-state index contributed by atoms with van der Waals surface area (Å²) in [7, 11) is 0. The Morgan fingerprint density at radius 2 is 1.68 bits per heavy atom. The van der Waals surface area contributed by atoms with Crippen LogP contribution in [0.4, 0.5) is 10.5 Å². The smallest absolute Gasteiger partial charge is 0.319 e. The van der Waals surface area contributed by atoms with Gasteiger partial charge in [0.05, 0.1) is 6.07 Å². The zero-order valence-corrected chi connectivity index (χ0v) is 13.7. The third kappa shape index (κ3) is 3.99. The second-order valence-electron chi connectivity index (χ2n) is 7.39. The summed E-state index contributed by atoms with van der Waals surface area (Å²) in [4.78, 5) is 12.3. The molecule has 0 unspecified atom stereocenters. The average molecular weight is 300 g/mol. The number of anilines is 1. The highest BCUT2D eigenvalue weighted by Crippen LogP contribution is 2.35. The summed E-state index contributed by atoms with van der Waals surface area (Å²) in [6, 6.07) is 11.2. The van der Waals surface area contributed by atoms with Gasteiger partial charge in [0.25, 0.3) is 0 Å². The van der Waals surface area contributed by atoms with Crippen LogP contribution in [0.1, 0.15) is 40.5 Å². The summed E-state index contributed by atoms with van der Waals surface area (Å²) in [5.74, 6) is 0. The maximum atomic E-state index is 12.3. The Morgan fingerprint density at radius 1 is 1.14 bits per heavy atom. The predicted molar refractivity (Wildman–Crippen MR) is 87.5 cm³/mol. The predicted octanol–water partition coefficient (Wildman–Crippen LogP) is 3.01. The number of piperidine rings is 1. The first-order chi connectivity index (χ1) is 10.2. The molecule has 1 saturated heterocycles. The van der Waals surface area contributed by atoms with Crippen LogP contribution in [-0.4, -0.2) is 22.6 Å². The van der Waals surface area contributed by atoms with Crippen LogP contribution in [0.15, 0.2) is 30.3 Å². The zero-order valence-electron chi connectivity index (χ0n) is 13.7. The van der Waals surface area contributed by atoms with Gasteiger partial charge in [-0.05, 0) is 39.8 Å². The number of hydrogen-bond donors (Lipinski definition) is 3. The van der Waals surface area contributed by atoms with Crippen LogP contribution in [0.5, 0.6) is 0 Å². The molecule has 0 radical (unpaired) electrons. The topological polar surface area (TPSA) is 77.0 Å². The fourth-order valence-corrected chi connectivity index (χ4v) is 3.67. The van der Waals surface area contributed by atoms with Crippen molar-refractivity contribution in [2.45, 2.75) is 57.2 Å². The maximum absolute atomic E-state index is 12.3. The number of para-hydroxylation sites is 1. The van der Waals surface area contributed by atoms with Crippen molar-refractivity contribution in [3.05, 3.63) is 30.3 Å². The van der Waals surface area contributed by atoms with Gasteiger partial charge >= 0.3 is 6.03 Å². The molecule has 5 heteroatoms. The number of benzene rings is 1. The minimum absolute atomic E-state index is 0.225. The van der Waals surface area contributed by atoms with Gasteiger partial charge in [-0.3, -0.25) is 0 Å². The molecule has 0 aromatic heterocycles. The normalized spacial score (nSPS) is 21.4. The molecule has 118 valence electrons. The number of amides is 2. The lowest BCUT2D eigenvalue weighted by molar-refractivity contribution is 0.117. The number of nitrogens with one attached hydrogen (secondary N) is 3. The number of nitriles is 1. The highest BCUT2D eigenvalue weighted by molar-refractivity contribution is 5.90. The van der Waals surface area contributed by atoms with Crippen molar-refractivity contribution in [2.24, 2.45) is 0 Å². The number of carbonyl (C=O) groups is 1. The molecular formula is C17H24N4O. The van der Waals surface area contributed by atoms with E-state index in [0.29, 0.717) is 18.5 Å². The van der Waals surface area contributed by atoms with Crippen LogP contribution in [0.25, 0.3) is 0 Å². The fraction of sp³-hybridized carbons (Fsp3) is 0.529. The Labute approximate surface area is 132 Å². The van der Waals surface area contributed by atoms with Gasteiger partial charge in [0.2, 0.25) is 0 Å². The number of urea groups is 1. The second kappa shape index (κ2) is 5.62. The number of nitrogens with zero attached hydrogens (tertiary/aromatic N) is 1. The van der Waals surface area contributed by atoms with E-state index in [0.717, 1.165) is 0 Å². The number of hydrogen-bond acceptors (Lipinski definition) is 3. The minimum atomic E-state index is -0.878. The van der Waals surface area contributed by atoms with Crippen molar-refractivity contribution in [3.63, 3.8) is 0 Å². The molecule has 1 aliphatic rings. The molecule has 2 amide bonds. The van der Waals surface area contributed by atoms with Crippen molar-refractivity contribution < 1.29 is 4.79 Å². The summed E-state index contributed by atoms with van der Waals surface area (Å²) in [5.41, 5.74) is -0.618. The summed E-state index contributed by atoms with van der Waals surface area (Å²) < 4.78 is 0. The van der Waals surface area contributed by atoms with Gasteiger partial charge in [0.1, 0.15) is 5.54 Å². The van der Waals surface area contributed by atoms with E-state index in [1.807, 2.05) is 30.3 Å². The molecule has 22 heavy (non-hydrogen) atoms. The van der Waals surface area contributed by atoms with E-state index in [1.165, 1.54) is 0 Å². The monoisotopic (exact) mass is 300 g/mol. The molecule has 0 bridgehead atoms. The van der Waals surface area contributed by atoms with E-state index in [2.05, 4.69) is 49.7 Å². The lowest BCUT2D eigenvalue weighted by Crippen LogP contribution is -2.67. The summed E-state index contributed by atoms with van der Waals surface area (Å²) >= 11 is 0. The van der Waals surface area contributed by atoms with Crippen molar-refractivity contribution in [1.82, 2.24) is 10.6 Å². The van der Waals surface area contributed by atoms with E-state index in [9.17, 15) is 10.1 Å². The van der Waals surface area contributed by atoms with Gasteiger partial charge in [-0.25, -0.2) is 4.79 Å². The first-order valence-corrected chi connectivity index (χ1v) is 7.50. The standard InChI is InChI=1S/C17H24N4O/c1-15(2)10-17(12-18,11-16(3,4)21-15)20-14(22)19-13-8-6-5-7-9-13/h5-9,21H,10-11H2,1-4H3,(H2,19,20,22). The van der Waals surface area contributed by atoms with Crippen LogP contribution in [-0.2, 0) is 0 Å². The molecule has 1 aliphatic heterocycles. The fourth-order valence-electron chi connectivity index (χ4n) is 3.67. The molecular weight excluding hydrogens is 276 g/mol. The molecule has 0 aliphatic carbocycles. The first-order valence-electron chi connectivity index (χ1n) is 7.50. The molecule has 1 aromatic carbocycles. The molecule has 1 aromatic rings. The van der Waals surface area contributed by atoms with E-state index in [1.54, 1.807) is 0 Å². The lowest BCUT2D eigenvalue weighted by atomic mass is 9.71. The van der Waals surface area contributed by atoms with Gasteiger partial charge in [-0.1, -0.05) is 18.2 Å². The Balaban J connectivity index is 2.14. The van der Waals surface area contributed by atoms with Crippen molar-refractivity contribution in [1.29, 1.82) is 5.26 Å². The largest absolute Gasteiger partial charge is 0.320 e. The van der Waals surface area contributed by atoms with E-state index >= 15 is 0 Å². The van der Waals surface area contributed by atoms with Crippen molar-refractivity contribution >= 4 is 11.7 Å². The highest BCUT2D eigenvalue weighted by atomic mass is 16.2. The third-order valence-electron chi connectivity index (χ3n) is 3.76. The van der Waals surface area contributed by atoms with E-state index in [-0.39, 0.29) is 17.1 Å². The number of rotatable bonds is 2. The van der Waals surface area contributed by atoms with Crippen molar-refractivity contribution in [2.75, 3.05) is 5.32 Å². The van der Waals surface area contributed by atoms with Crippen LogP contribution in [0.2, 0.25) is 0 Å². The SMILES string of the molecule is CC1(C)CC(C#N)(NC(=O)Nc2ccccc2)CC(C)(C)N1. The molecule has 3 N–H and O–H groups in total. The van der Waals surface area contributed by atoms with Crippen LogP contribution < -0.4 is 16.0 Å². The third-order valence-corrected chi connectivity index (χ3v) is 3.76. The van der Waals surface area contributed by atoms with E-state index in [4.69, 9.17) is 0 Å². The number of carbonyl (C=O) groups excluding carboxylic acids is 1. The molecule has 2 rings (SSSR count).